The van der Waals surface area contributed by atoms with Crippen molar-refractivity contribution in [1.29, 1.82) is 0 Å². The Balaban J connectivity index is 2.31. The molecule has 1 saturated heterocycles. The molecule has 1 aliphatic rings. The molecule has 0 aromatic carbocycles. The molecule has 2 atom stereocenters. The van der Waals surface area contributed by atoms with Gasteiger partial charge in [0.25, 0.3) is 0 Å². The maximum atomic E-state index is 13.7. The Kier molecular flexibility index (Phi) is 2.74. The van der Waals surface area contributed by atoms with Crippen LogP contribution in [0.25, 0.3) is 0 Å². The Bertz CT molecular complexity index is 425. The zero-order valence-corrected chi connectivity index (χ0v) is 8.74. The number of pyridine rings is 1. The average molecular weight is 225 g/mol. The van der Waals surface area contributed by atoms with Crippen molar-refractivity contribution in [2.75, 3.05) is 13.7 Å². The number of carbonyl (C=O) groups is 1. The van der Waals surface area contributed by atoms with Gasteiger partial charge in [-0.05, 0) is 0 Å². The number of ether oxygens (including phenoxy) is 1. The number of nitrogens with two attached hydrogens (primary N) is 1. The molecule has 86 valence electrons. The van der Waals surface area contributed by atoms with E-state index in [1.54, 1.807) is 0 Å². The summed E-state index contributed by atoms with van der Waals surface area (Å²) in [6.07, 6.45) is 1.41. The van der Waals surface area contributed by atoms with Crippen molar-refractivity contribution in [3.63, 3.8) is 0 Å². The quantitative estimate of drug-likeness (QED) is 0.729. The Hall–Kier alpha value is -1.69. The van der Waals surface area contributed by atoms with Crippen LogP contribution in [0.1, 0.15) is 11.6 Å². The number of amides is 1. The zero-order chi connectivity index (χ0) is 11.7. The molecule has 1 aromatic heterocycles. The molecule has 16 heavy (non-hydrogen) atoms. The topological polar surface area (TPSA) is 77.2 Å². The highest BCUT2D eigenvalue weighted by Gasteiger charge is 2.35. The Morgan fingerprint density at radius 2 is 2.44 bits per heavy atom. The second-order valence-corrected chi connectivity index (χ2v) is 3.62. The summed E-state index contributed by atoms with van der Waals surface area (Å²) in [5.41, 5.74) is 5.84. The van der Waals surface area contributed by atoms with E-state index >= 15 is 0 Å². The van der Waals surface area contributed by atoms with Crippen molar-refractivity contribution in [3.05, 3.63) is 23.8 Å². The summed E-state index contributed by atoms with van der Waals surface area (Å²) in [5, 5.41) is 2.57. The zero-order valence-electron chi connectivity index (χ0n) is 8.74. The summed E-state index contributed by atoms with van der Waals surface area (Å²) in [7, 11) is 1.43. The van der Waals surface area contributed by atoms with Gasteiger partial charge in [-0.15, -0.1) is 0 Å². The van der Waals surface area contributed by atoms with Gasteiger partial charge in [-0.2, -0.15) is 0 Å². The second-order valence-electron chi connectivity index (χ2n) is 3.62. The van der Waals surface area contributed by atoms with E-state index in [4.69, 9.17) is 10.5 Å². The first-order valence-electron chi connectivity index (χ1n) is 4.86. The molecule has 0 bridgehead atoms. The van der Waals surface area contributed by atoms with Gasteiger partial charge in [0.1, 0.15) is 11.6 Å². The standard InChI is InChI=1S/C10H12FN3O2/c1-16-5-2-7(11)9(13-3-5)6-4-14-10(15)8(6)12/h2-3,6,8H,4,12H2,1H3,(H,14,15). The van der Waals surface area contributed by atoms with Gasteiger partial charge in [0.2, 0.25) is 5.91 Å². The van der Waals surface area contributed by atoms with Crippen molar-refractivity contribution in [1.82, 2.24) is 10.3 Å². The van der Waals surface area contributed by atoms with Crippen LogP contribution >= 0.6 is 0 Å². The molecule has 2 heterocycles. The fraction of sp³-hybridized carbons (Fsp3) is 0.400. The van der Waals surface area contributed by atoms with Gasteiger partial charge in [0, 0.05) is 18.5 Å². The van der Waals surface area contributed by atoms with E-state index in [0.717, 1.165) is 0 Å². The Morgan fingerprint density at radius 3 is 2.94 bits per heavy atom. The molecule has 5 nitrogen and oxygen atoms in total. The van der Waals surface area contributed by atoms with Crippen LogP contribution in [0, 0.1) is 5.82 Å². The van der Waals surface area contributed by atoms with E-state index in [2.05, 4.69) is 10.3 Å². The van der Waals surface area contributed by atoms with Gasteiger partial charge in [0.05, 0.1) is 25.0 Å². The first-order chi connectivity index (χ1) is 7.63. The molecular formula is C10H12FN3O2. The number of hydrogen-bond acceptors (Lipinski definition) is 4. The van der Waals surface area contributed by atoms with Gasteiger partial charge >= 0.3 is 0 Å². The van der Waals surface area contributed by atoms with E-state index in [-0.39, 0.29) is 11.6 Å². The SMILES string of the molecule is COc1cnc(C2CNC(=O)C2N)c(F)c1. The highest BCUT2D eigenvalue weighted by molar-refractivity contribution is 5.85. The van der Waals surface area contributed by atoms with Crippen molar-refractivity contribution in [2.24, 2.45) is 5.73 Å². The predicted octanol–water partition coefficient (Wildman–Crippen LogP) is -0.230. The molecule has 0 aliphatic carbocycles. The largest absolute Gasteiger partial charge is 0.495 e. The first-order valence-corrected chi connectivity index (χ1v) is 4.86. The van der Waals surface area contributed by atoms with Crippen molar-refractivity contribution >= 4 is 5.91 Å². The Labute approximate surface area is 91.8 Å². The monoisotopic (exact) mass is 225 g/mol. The summed E-state index contributed by atoms with van der Waals surface area (Å²) < 4.78 is 18.5. The average Bonchev–Trinajstić information content (AvgIpc) is 2.60. The number of hydrogen-bond donors (Lipinski definition) is 2. The lowest BCUT2D eigenvalue weighted by Crippen LogP contribution is -2.33. The minimum absolute atomic E-state index is 0.201. The molecule has 1 aliphatic heterocycles. The molecule has 2 unspecified atom stereocenters. The van der Waals surface area contributed by atoms with Crippen molar-refractivity contribution < 1.29 is 13.9 Å². The summed E-state index contributed by atoms with van der Waals surface area (Å²) in [4.78, 5) is 15.1. The number of carbonyl (C=O) groups excluding carboxylic acids is 1. The smallest absolute Gasteiger partial charge is 0.237 e. The summed E-state index contributed by atoms with van der Waals surface area (Å²) in [5.74, 6) is -0.858. The third-order valence-corrected chi connectivity index (χ3v) is 2.66. The molecule has 0 spiro atoms. The molecule has 2 rings (SSSR count). The molecule has 1 amide bonds. The van der Waals surface area contributed by atoms with E-state index in [1.807, 2.05) is 0 Å². The van der Waals surface area contributed by atoms with Crippen LogP contribution in [-0.4, -0.2) is 30.6 Å². The van der Waals surface area contributed by atoms with E-state index in [9.17, 15) is 9.18 Å². The lowest BCUT2D eigenvalue weighted by Gasteiger charge is -2.13. The van der Waals surface area contributed by atoms with E-state index in [1.165, 1.54) is 19.4 Å². The van der Waals surface area contributed by atoms with Gasteiger partial charge < -0.3 is 15.8 Å². The normalized spacial score (nSPS) is 24.3. The third-order valence-electron chi connectivity index (χ3n) is 2.66. The number of aromatic nitrogens is 1. The van der Waals surface area contributed by atoms with Gasteiger partial charge in [0.15, 0.2) is 0 Å². The van der Waals surface area contributed by atoms with Crippen LogP contribution in [0.2, 0.25) is 0 Å². The molecule has 3 N–H and O–H groups in total. The van der Waals surface area contributed by atoms with E-state index < -0.39 is 17.8 Å². The summed E-state index contributed by atoms with van der Waals surface area (Å²) in [6.45, 7) is 0.316. The lowest BCUT2D eigenvalue weighted by molar-refractivity contribution is -0.120. The number of rotatable bonds is 2. The van der Waals surface area contributed by atoms with Crippen LogP contribution in [0.15, 0.2) is 12.3 Å². The van der Waals surface area contributed by atoms with Crippen LogP contribution in [0.3, 0.4) is 0 Å². The van der Waals surface area contributed by atoms with Crippen molar-refractivity contribution in [3.8, 4) is 5.75 Å². The van der Waals surface area contributed by atoms with Gasteiger partial charge in [-0.25, -0.2) is 4.39 Å². The predicted molar refractivity (Wildman–Crippen MR) is 54.5 cm³/mol. The fourth-order valence-corrected chi connectivity index (χ4v) is 1.72. The third kappa shape index (κ3) is 1.71. The highest BCUT2D eigenvalue weighted by atomic mass is 19.1. The lowest BCUT2D eigenvalue weighted by atomic mass is 9.99. The Morgan fingerprint density at radius 1 is 1.69 bits per heavy atom. The summed E-state index contributed by atoms with van der Waals surface area (Å²) >= 11 is 0. The van der Waals surface area contributed by atoms with Crippen LogP contribution < -0.4 is 15.8 Å². The number of nitrogens with one attached hydrogen (secondary N) is 1. The molecule has 0 saturated carbocycles. The minimum Gasteiger partial charge on any atom is -0.495 e. The van der Waals surface area contributed by atoms with Gasteiger partial charge in [-0.3, -0.25) is 9.78 Å². The summed E-state index contributed by atoms with van der Waals surface area (Å²) in [6, 6.07) is 0.494. The fourth-order valence-electron chi connectivity index (χ4n) is 1.72. The minimum atomic E-state index is -0.740. The highest BCUT2D eigenvalue weighted by Crippen LogP contribution is 2.25. The molecule has 1 fully saturated rings. The molecule has 1 aromatic rings. The first kappa shape index (κ1) is 10.8. The van der Waals surface area contributed by atoms with Crippen LogP contribution in [0.5, 0.6) is 5.75 Å². The maximum Gasteiger partial charge on any atom is 0.237 e. The van der Waals surface area contributed by atoms with Crippen molar-refractivity contribution in [2.45, 2.75) is 12.0 Å². The number of nitrogens with zero attached hydrogens (tertiary/aromatic N) is 1. The maximum absolute atomic E-state index is 13.7. The molecular weight excluding hydrogens is 213 g/mol. The van der Waals surface area contributed by atoms with Crippen LogP contribution in [-0.2, 0) is 4.79 Å². The molecule has 6 heteroatoms. The second kappa shape index (κ2) is 4.05. The number of methoxy groups -OCH3 is 1. The van der Waals surface area contributed by atoms with Crippen LogP contribution in [0.4, 0.5) is 4.39 Å². The van der Waals surface area contributed by atoms with Gasteiger partial charge in [-0.1, -0.05) is 0 Å². The number of halogens is 1. The van der Waals surface area contributed by atoms with E-state index in [0.29, 0.717) is 12.3 Å². The molecule has 0 radical (unpaired) electrons.